The Hall–Kier alpha value is -2.25. The zero-order valence-corrected chi connectivity index (χ0v) is 14.6. The molecule has 1 heterocycles. The Balaban J connectivity index is 1.50. The van der Waals surface area contributed by atoms with Gasteiger partial charge in [-0.25, -0.2) is 5.43 Å². The van der Waals surface area contributed by atoms with Crippen molar-refractivity contribution >= 4 is 39.7 Å². The molecule has 0 spiro atoms. The van der Waals surface area contributed by atoms with Gasteiger partial charge in [0.25, 0.3) is 5.91 Å². The number of nitrogens with zero attached hydrogens (tertiary/aromatic N) is 1. The largest absolute Gasteiger partial charge is 0.483 e. The second kappa shape index (κ2) is 7.55. The van der Waals surface area contributed by atoms with Crippen LogP contribution in [-0.4, -0.2) is 25.5 Å². The number of hydrogen-bond donors (Lipinski definition) is 1. The molecule has 0 radical (unpaired) electrons. The van der Waals surface area contributed by atoms with E-state index in [1.165, 1.54) is 6.21 Å². The summed E-state index contributed by atoms with van der Waals surface area (Å²) < 4.78 is 16.6. The quantitative estimate of drug-likeness (QED) is 0.605. The highest BCUT2D eigenvalue weighted by Gasteiger charge is 2.12. The lowest BCUT2D eigenvalue weighted by Crippen LogP contribution is -2.24. The highest BCUT2D eigenvalue weighted by Crippen LogP contribution is 2.32. The number of nitrogens with one attached hydrogen (secondary N) is 1. The third-order valence-corrected chi connectivity index (χ3v) is 3.91. The summed E-state index contributed by atoms with van der Waals surface area (Å²) in [6.07, 6.45) is 1.51. The molecular formula is C16H12BrClN2O4. The molecule has 0 bridgehead atoms. The minimum atomic E-state index is -0.381. The number of halogens is 2. The zero-order valence-electron chi connectivity index (χ0n) is 12.3. The van der Waals surface area contributed by atoms with Gasteiger partial charge in [-0.2, -0.15) is 5.10 Å². The summed E-state index contributed by atoms with van der Waals surface area (Å²) in [4.78, 5) is 11.7. The fraction of sp³-hybridized carbons (Fsp3) is 0.125. The lowest BCUT2D eigenvalue weighted by molar-refractivity contribution is -0.123. The molecule has 0 aromatic heterocycles. The van der Waals surface area contributed by atoms with Crippen LogP contribution in [0.2, 0.25) is 5.02 Å². The number of ether oxygens (including phenoxy) is 3. The fourth-order valence-corrected chi connectivity index (χ4v) is 2.74. The number of rotatable bonds is 5. The van der Waals surface area contributed by atoms with E-state index >= 15 is 0 Å². The van der Waals surface area contributed by atoms with Gasteiger partial charge in [0.2, 0.25) is 6.79 Å². The molecule has 0 aliphatic carbocycles. The van der Waals surface area contributed by atoms with Gasteiger partial charge in [0.05, 0.1) is 10.7 Å². The fourth-order valence-electron chi connectivity index (χ4n) is 1.94. The molecule has 1 aliphatic rings. The first-order valence-corrected chi connectivity index (χ1v) is 8.08. The third kappa shape index (κ3) is 4.18. The molecule has 0 atom stereocenters. The molecule has 0 fully saturated rings. The number of benzene rings is 2. The van der Waals surface area contributed by atoms with Crippen LogP contribution in [-0.2, 0) is 4.79 Å². The second-order valence-electron chi connectivity index (χ2n) is 4.77. The van der Waals surface area contributed by atoms with Gasteiger partial charge in [-0.3, -0.25) is 4.79 Å². The Morgan fingerprint density at radius 2 is 2.12 bits per heavy atom. The van der Waals surface area contributed by atoms with Crippen LogP contribution in [0.5, 0.6) is 17.2 Å². The Labute approximate surface area is 151 Å². The molecule has 0 saturated heterocycles. The highest BCUT2D eigenvalue weighted by molar-refractivity contribution is 9.10. The van der Waals surface area contributed by atoms with E-state index in [0.717, 1.165) is 5.56 Å². The lowest BCUT2D eigenvalue weighted by atomic mass is 10.2. The van der Waals surface area contributed by atoms with Crippen molar-refractivity contribution in [3.63, 3.8) is 0 Å². The minimum Gasteiger partial charge on any atom is -0.483 e. The smallest absolute Gasteiger partial charge is 0.277 e. The molecule has 0 unspecified atom stereocenters. The molecule has 2 aromatic carbocycles. The van der Waals surface area contributed by atoms with Crippen LogP contribution in [0.25, 0.3) is 0 Å². The van der Waals surface area contributed by atoms with E-state index in [9.17, 15) is 4.79 Å². The van der Waals surface area contributed by atoms with Gasteiger partial charge in [0, 0.05) is 5.02 Å². The van der Waals surface area contributed by atoms with Gasteiger partial charge < -0.3 is 14.2 Å². The maximum atomic E-state index is 11.7. The molecule has 8 heteroatoms. The van der Waals surface area contributed by atoms with E-state index in [1.54, 1.807) is 30.3 Å². The Morgan fingerprint density at radius 3 is 2.96 bits per heavy atom. The molecule has 24 heavy (non-hydrogen) atoms. The van der Waals surface area contributed by atoms with E-state index in [4.69, 9.17) is 25.8 Å². The number of carbonyl (C=O) groups excluding carboxylic acids is 1. The lowest BCUT2D eigenvalue weighted by Gasteiger charge is -2.07. The van der Waals surface area contributed by atoms with E-state index in [2.05, 4.69) is 26.5 Å². The van der Waals surface area contributed by atoms with Gasteiger partial charge in [0.15, 0.2) is 18.1 Å². The van der Waals surface area contributed by atoms with Crippen molar-refractivity contribution in [2.24, 2.45) is 5.10 Å². The van der Waals surface area contributed by atoms with Crippen molar-refractivity contribution in [1.29, 1.82) is 0 Å². The topological polar surface area (TPSA) is 69.2 Å². The first kappa shape index (κ1) is 16.6. The van der Waals surface area contributed by atoms with Crippen LogP contribution in [0, 0.1) is 0 Å². The van der Waals surface area contributed by atoms with Crippen LogP contribution in [0.3, 0.4) is 0 Å². The maximum absolute atomic E-state index is 11.7. The van der Waals surface area contributed by atoms with Crippen LogP contribution in [0.4, 0.5) is 0 Å². The zero-order chi connectivity index (χ0) is 16.9. The SMILES string of the molecule is O=C(COc1ccc(Cl)cc1Br)N/N=C/c1ccc2c(c1)OCO2. The predicted molar refractivity (Wildman–Crippen MR) is 92.9 cm³/mol. The van der Waals surface area contributed by atoms with Crippen molar-refractivity contribution < 1.29 is 19.0 Å². The summed E-state index contributed by atoms with van der Waals surface area (Å²) in [7, 11) is 0. The molecule has 6 nitrogen and oxygen atoms in total. The van der Waals surface area contributed by atoms with Crippen molar-refractivity contribution in [3.05, 3.63) is 51.5 Å². The average molecular weight is 412 g/mol. The number of carbonyl (C=O) groups is 1. The number of amides is 1. The molecule has 2 aromatic rings. The standard InChI is InChI=1S/C16H12BrClN2O4/c17-12-6-11(18)2-4-13(12)22-8-16(21)20-19-7-10-1-3-14-15(5-10)24-9-23-14/h1-7H,8-9H2,(H,20,21)/b19-7+. The number of fused-ring (bicyclic) bond motifs is 1. The van der Waals surface area contributed by atoms with Gasteiger partial charge in [0.1, 0.15) is 5.75 Å². The van der Waals surface area contributed by atoms with Crippen LogP contribution in [0.15, 0.2) is 46.0 Å². The van der Waals surface area contributed by atoms with E-state index < -0.39 is 0 Å². The molecule has 1 N–H and O–H groups in total. The molecule has 1 aliphatic heterocycles. The monoisotopic (exact) mass is 410 g/mol. The van der Waals surface area contributed by atoms with Gasteiger partial charge in [-0.15, -0.1) is 0 Å². The van der Waals surface area contributed by atoms with Crippen molar-refractivity contribution in [3.8, 4) is 17.2 Å². The van der Waals surface area contributed by atoms with Gasteiger partial charge >= 0.3 is 0 Å². The predicted octanol–water partition coefficient (Wildman–Crippen LogP) is 3.36. The van der Waals surface area contributed by atoms with Gasteiger partial charge in [-0.1, -0.05) is 11.6 Å². The highest BCUT2D eigenvalue weighted by atomic mass is 79.9. The van der Waals surface area contributed by atoms with E-state index in [1.807, 2.05) is 6.07 Å². The van der Waals surface area contributed by atoms with E-state index in [-0.39, 0.29) is 19.3 Å². The first-order valence-electron chi connectivity index (χ1n) is 6.91. The summed E-state index contributed by atoms with van der Waals surface area (Å²) in [5.41, 5.74) is 3.17. The summed E-state index contributed by atoms with van der Waals surface area (Å²) in [5, 5.41) is 4.46. The van der Waals surface area contributed by atoms with Crippen LogP contribution < -0.4 is 19.6 Å². The Bertz CT molecular complexity index is 798. The molecule has 124 valence electrons. The summed E-state index contributed by atoms with van der Waals surface area (Å²) >= 11 is 9.15. The second-order valence-corrected chi connectivity index (χ2v) is 6.06. The Morgan fingerprint density at radius 1 is 1.29 bits per heavy atom. The number of hydrogen-bond acceptors (Lipinski definition) is 5. The van der Waals surface area contributed by atoms with Crippen molar-refractivity contribution in [2.75, 3.05) is 13.4 Å². The molecule has 1 amide bonds. The summed E-state index contributed by atoms with van der Waals surface area (Å²) in [5.74, 6) is 1.49. The summed E-state index contributed by atoms with van der Waals surface area (Å²) in [6, 6.07) is 10.4. The number of hydrazone groups is 1. The molecule has 3 rings (SSSR count). The van der Waals surface area contributed by atoms with Crippen molar-refractivity contribution in [2.45, 2.75) is 0 Å². The molecule has 0 saturated carbocycles. The van der Waals surface area contributed by atoms with Crippen molar-refractivity contribution in [1.82, 2.24) is 5.43 Å². The molecular weight excluding hydrogens is 400 g/mol. The van der Waals surface area contributed by atoms with Crippen LogP contribution in [0.1, 0.15) is 5.56 Å². The summed E-state index contributed by atoms with van der Waals surface area (Å²) in [6.45, 7) is 0.0446. The minimum absolute atomic E-state index is 0.168. The normalized spacial score (nSPS) is 12.4. The Kier molecular flexibility index (Phi) is 5.22. The van der Waals surface area contributed by atoms with Gasteiger partial charge in [-0.05, 0) is 57.9 Å². The maximum Gasteiger partial charge on any atom is 0.277 e. The van der Waals surface area contributed by atoms with E-state index in [0.29, 0.717) is 26.7 Å². The first-order chi connectivity index (χ1) is 11.6. The third-order valence-electron chi connectivity index (χ3n) is 3.05. The van der Waals surface area contributed by atoms with Crippen LogP contribution >= 0.6 is 27.5 Å². The average Bonchev–Trinajstić information content (AvgIpc) is 3.02.